The van der Waals surface area contributed by atoms with Crippen LogP contribution in [0.5, 0.6) is 0 Å². The second kappa shape index (κ2) is 8.44. The van der Waals surface area contributed by atoms with Gasteiger partial charge in [0.2, 0.25) is 5.91 Å². The number of nitriles is 2. The van der Waals surface area contributed by atoms with E-state index in [1.54, 1.807) is 0 Å². The Morgan fingerprint density at radius 3 is 2.14 bits per heavy atom. The second-order valence-electron chi connectivity index (χ2n) is 4.11. The summed E-state index contributed by atoms with van der Waals surface area (Å²) in [6.07, 6.45) is 2.34. The van der Waals surface area contributed by atoms with Crippen LogP contribution in [0, 0.1) is 34.3 Å². The Morgan fingerprint density at radius 2 is 1.67 bits per heavy atom. The third kappa shape index (κ3) is 5.04. The standard InChI is InChI=1S/C15H13F2N3O/c16-13-4-1-5-14(17)12(13)6-7-15(21)20(10-2-8-18)11-3-9-19/h1,4-7H,2-3,10-11H2. The minimum atomic E-state index is -0.764. The molecule has 0 unspecified atom stereocenters. The Kier molecular flexibility index (Phi) is 6.56. The maximum atomic E-state index is 13.4. The number of rotatable bonds is 6. The van der Waals surface area contributed by atoms with E-state index in [2.05, 4.69) is 0 Å². The molecule has 4 nitrogen and oxygen atoms in total. The van der Waals surface area contributed by atoms with Crippen LogP contribution in [0.3, 0.4) is 0 Å². The molecule has 0 saturated heterocycles. The molecule has 0 spiro atoms. The van der Waals surface area contributed by atoms with Gasteiger partial charge in [-0.25, -0.2) is 8.78 Å². The molecule has 21 heavy (non-hydrogen) atoms. The Balaban J connectivity index is 2.83. The number of benzene rings is 1. The molecule has 0 saturated carbocycles. The first-order valence-electron chi connectivity index (χ1n) is 6.25. The minimum absolute atomic E-state index is 0.124. The van der Waals surface area contributed by atoms with Gasteiger partial charge in [0.05, 0.1) is 25.0 Å². The quantitative estimate of drug-likeness (QED) is 0.756. The summed E-state index contributed by atoms with van der Waals surface area (Å²) in [4.78, 5) is 13.2. The van der Waals surface area contributed by atoms with E-state index in [0.717, 1.165) is 24.3 Å². The van der Waals surface area contributed by atoms with Crippen molar-refractivity contribution >= 4 is 12.0 Å². The predicted octanol–water partition coefficient (Wildman–Crippen LogP) is 2.63. The number of hydrogen-bond acceptors (Lipinski definition) is 3. The van der Waals surface area contributed by atoms with Crippen molar-refractivity contribution in [1.82, 2.24) is 4.90 Å². The van der Waals surface area contributed by atoms with Gasteiger partial charge in [-0.15, -0.1) is 0 Å². The number of halogens is 2. The van der Waals surface area contributed by atoms with Gasteiger partial charge in [0.15, 0.2) is 0 Å². The van der Waals surface area contributed by atoms with Crippen LogP contribution in [0.2, 0.25) is 0 Å². The highest BCUT2D eigenvalue weighted by Gasteiger charge is 2.11. The molecular formula is C15H13F2N3O. The van der Waals surface area contributed by atoms with E-state index in [0.29, 0.717) is 0 Å². The molecular weight excluding hydrogens is 276 g/mol. The molecule has 1 rings (SSSR count). The van der Waals surface area contributed by atoms with E-state index in [9.17, 15) is 13.6 Å². The van der Waals surface area contributed by atoms with Crippen LogP contribution in [0.15, 0.2) is 24.3 Å². The Hall–Kier alpha value is -2.73. The summed E-state index contributed by atoms with van der Waals surface area (Å²) >= 11 is 0. The third-order valence-electron chi connectivity index (χ3n) is 2.69. The fourth-order valence-electron chi connectivity index (χ4n) is 1.63. The van der Waals surface area contributed by atoms with E-state index in [1.165, 1.54) is 11.0 Å². The van der Waals surface area contributed by atoms with Crippen molar-refractivity contribution in [2.24, 2.45) is 0 Å². The first-order valence-corrected chi connectivity index (χ1v) is 6.25. The molecule has 0 heterocycles. The molecule has 0 aliphatic heterocycles. The zero-order valence-corrected chi connectivity index (χ0v) is 11.2. The summed E-state index contributed by atoms with van der Waals surface area (Å²) in [7, 11) is 0. The lowest BCUT2D eigenvalue weighted by Crippen LogP contribution is -2.31. The molecule has 1 aromatic rings. The van der Waals surface area contributed by atoms with Crippen LogP contribution in [0.1, 0.15) is 18.4 Å². The monoisotopic (exact) mass is 289 g/mol. The van der Waals surface area contributed by atoms with Crippen LogP contribution < -0.4 is 0 Å². The van der Waals surface area contributed by atoms with Gasteiger partial charge < -0.3 is 4.90 Å². The summed E-state index contributed by atoms with van der Waals surface area (Å²) in [5, 5.41) is 17.1. The number of nitrogens with zero attached hydrogens (tertiary/aromatic N) is 3. The molecule has 0 aliphatic carbocycles. The normalized spacial score (nSPS) is 10.1. The van der Waals surface area contributed by atoms with Crippen molar-refractivity contribution in [3.63, 3.8) is 0 Å². The van der Waals surface area contributed by atoms with Crippen LogP contribution in [-0.2, 0) is 4.79 Å². The highest BCUT2D eigenvalue weighted by molar-refractivity contribution is 5.91. The third-order valence-corrected chi connectivity index (χ3v) is 2.69. The van der Waals surface area contributed by atoms with Crippen molar-refractivity contribution in [1.29, 1.82) is 10.5 Å². The molecule has 0 N–H and O–H groups in total. The fourth-order valence-corrected chi connectivity index (χ4v) is 1.63. The maximum absolute atomic E-state index is 13.4. The van der Waals surface area contributed by atoms with Gasteiger partial charge in [0.1, 0.15) is 11.6 Å². The lowest BCUT2D eigenvalue weighted by Gasteiger charge is -2.18. The summed E-state index contributed by atoms with van der Waals surface area (Å²) < 4.78 is 26.8. The maximum Gasteiger partial charge on any atom is 0.246 e. The summed E-state index contributed by atoms with van der Waals surface area (Å²) in [5.74, 6) is -2.03. The second-order valence-corrected chi connectivity index (χ2v) is 4.11. The highest BCUT2D eigenvalue weighted by Crippen LogP contribution is 2.14. The summed E-state index contributed by atoms with van der Waals surface area (Å²) in [5.41, 5.74) is -0.300. The van der Waals surface area contributed by atoms with Crippen LogP contribution >= 0.6 is 0 Å². The van der Waals surface area contributed by atoms with Crippen LogP contribution in [0.4, 0.5) is 8.78 Å². The fraction of sp³-hybridized carbons (Fsp3) is 0.267. The zero-order valence-electron chi connectivity index (χ0n) is 11.2. The lowest BCUT2D eigenvalue weighted by molar-refractivity contribution is -0.125. The van der Waals surface area contributed by atoms with Crippen molar-refractivity contribution in [2.75, 3.05) is 13.1 Å². The van der Waals surface area contributed by atoms with Crippen molar-refractivity contribution in [2.45, 2.75) is 12.8 Å². The molecule has 0 aliphatic rings. The Labute approximate surface area is 121 Å². The van der Waals surface area contributed by atoms with Gasteiger partial charge in [-0.05, 0) is 18.2 Å². The molecule has 0 atom stereocenters. The van der Waals surface area contributed by atoms with Gasteiger partial charge in [0, 0.05) is 24.7 Å². The van der Waals surface area contributed by atoms with E-state index in [4.69, 9.17) is 10.5 Å². The molecule has 1 aromatic carbocycles. The number of carbonyl (C=O) groups is 1. The van der Waals surface area contributed by atoms with E-state index >= 15 is 0 Å². The van der Waals surface area contributed by atoms with Gasteiger partial charge in [-0.2, -0.15) is 10.5 Å². The van der Waals surface area contributed by atoms with Gasteiger partial charge in [0.25, 0.3) is 0 Å². The SMILES string of the molecule is N#CCCN(CCC#N)C(=O)C=Cc1c(F)cccc1F. The van der Waals surface area contributed by atoms with Crippen LogP contribution in [-0.4, -0.2) is 23.9 Å². The molecule has 108 valence electrons. The molecule has 6 heteroatoms. The van der Waals surface area contributed by atoms with Gasteiger partial charge in [-0.3, -0.25) is 4.79 Å². The van der Waals surface area contributed by atoms with E-state index < -0.39 is 17.5 Å². The smallest absolute Gasteiger partial charge is 0.246 e. The van der Waals surface area contributed by atoms with Crippen molar-refractivity contribution < 1.29 is 13.6 Å². The minimum Gasteiger partial charge on any atom is -0.337 e. The molecule has 1 amide bonds. The van der Waals surface area contributed by atoms with Crippen molar-refractivity contribution in [3.8, 4) is 12.1 Å². The Bertz CT molecular complexity index is 576. The molecule has 0 bridgehead atoms. The number of hydrogen-bond donors (Lipinski definition) is 0. The van der Waals surface area contributed by atoms with Crippen LogP contribution in [0.25, 0.3) is 6.08 Å². The average molecular weight is 289 g/mol. The number of carbonyl (C=O) groups excluding carboxylic acids is 1. The first kappa shape index (κ1) is 16.3. The highest BCUT2D eigenvalue weighted by atomic mass is 19.1. The topological polar surface area (TPSA) is 67.9 Å². The Morgan fingerprint density at radius 1 is 1.14 bits per heavy atom. The molecule has 0 fully saturated rings. The largest absolute Gasteiger partial charge is 0.337 e. The van der Waals surface area contributed by atoms with Gasteiger partial charge >= 0.3 is 0 Å². The molecule has 0 radical (unpaired) electrons. The van der Waals surface area contributed by atoms with Crippen molar-refractivity contribution in [3.05, 3.63) is 41.5 Å². The summed E-state index contributed by atoms with van der Waals surface area (Å²) in [6, 6.07) is 7.22. The average Bonchev–Trinajstić information content (AvgIpc) is 2.46. The first-order chi connectivity index (χ1) is 10.1. The molecule has 0 aromatic heterocycles. The summed E-state index contributed by atoms with van der Waals surface area (Å²) in [6.45, 7) is 0.336. The number of amides is 1. The van der Waals surface area contributed by atoms with E-state index in [-0.39, 0.29) is 31.5 Å². The predicted molar refractivity (Wildman–Crippen MR) is 72.4 cm³/mol. The van der Waals surface area contributed by atoms with E-state index in [1.807, 2.05) is 12.1 Å². The lowest BCUT2D eigenvalue weighted by atomic mass is 10.2. The zero-order chi connectivity index (χ0) is 15.7. The van der Waals surface area contributed by atoms with Gasteiger partial charge in [-0.1, -0.05) is 6.07 Å².